The van der Waals surface area contributed by atoms with Crippen LogP contribution in [0.2, 0.25) is 0 Å². The van der Waals surface area contributed by atoms with E-state index in [0.717, 1.165) is 34.9 Å². The third kappa shape index (κ3) is 4.34. The van der Waals surface area contributed by atoms with Crippen molar-refractivity contribution in [3.05, 3.63) is 71.1 Å². The van der Waals surface area contributed by atoms with Gasteiger partial charge in [-0.2, -0.15) is 13.2 Å². The third-order valence-electron chi connectivity index (χ3n) is 6.50. The summed E-state index contributed by atoms with van der Waals surface area (Å²) in [6.45, 7) is 6.61. The van der Waals surface area contributed by atoms with E-state index in [2.05, 4.69) is 32.8 Å². The molecule has 0 aromatic carbocycles. The lowest BCUT2D eigenvalue weighted by Crippen LogP contribution is -2.48. The highest BCUT2D eigenvalue weighted by molar-refractivity contribution is 5.78. The number of alkyl halides is 3. The molecule has 0 aliphatic carbocycles. The lowest BCUT2D eigenvalue weighted by molar-refractivity contribution is -0.141. The number of anilines is 1. The van der Waals surface area contributed by atoms with Crippen LogP contribution in [-0.2, 0) is 24.1 Å². The molecule has 0 radical (unpaired) electrons. The Bertz CT molecular complexity index is 1250. The maximum absolute atomic E-state index is 13.0. The first-order valence-corrected chi connectivity index (χ1v) is 11.1. The van der Waals surface area contributed by atoms with Crippen molar-refractivity contribution in [3.8, 4) is 11.1 Å². The Hall–Kier alpha value is -3.49. The van der Waals surface area contributed by atoms with Gasteiger partial charge in [-0.3, -0.25) is 19.7 Å². The van der Waals surface area contributed by atoms with Gasteiger partial charge < -0.3 is 9.80 Å². The summed E-state index contributed by atoms with van der Waals surface area (Å²) in [6, 6.07) is 6.45. The van der Waals surface area contributed by atoms with Crippen molar-refractivity contribution < 1.29 is 18.0 Å². The van der Waals surface area contributed by atoms with Crippen LogP contribution in [0.25, 0.3) is 11.1 Å². The molecule has 0 bridgehead atoms. The Morgan fingerprint density at radius 1 is 1.09 bits per heavy atom. The average Bonchev–Trinajstić information content (AvgIpc) is 3.20. The third-order valence-corrected chi connectivity index (χ3v) is 6.50. The highest BCUT2D eigenvalue weighted by atomic mass is 19.4. The largest absolute Gasteiger partial charge is 0.433 e. The van der Waals surface area contributed by atoms with Crippen LogP contribution in [0.1, 0.15) is 34.6 Å². The molecule has 2 aliphatic rings. The minimum atomic E-state index is -4.50. The summed E-state index contributed by atoms with van der Waals surface area (Å²) in [7, 11) is 0. The molecule has 3 aromatic heterocycles. The molecule has 34 heavy (non-hydrogen) atoms. The summed E-state index contributed by atoms with van der Waals surface area (Å²) >= 11 is 0. The van der Waals surface area contributed by atoms with Crippen LogP contribution in [0.3, 0.4) is 0 Å². The number of fused-ring (bicyclic) bond motifs is 1. The van der Waals surface area contributed by atoms with Gasteiger partial charge in [-0.25, -0.2) is 0 Å². The van der Waals surface area contributed by atoms with Gasteiger partial charge in [0.2, 0.25) is 5.91 Å². The van der Waals surface area contributed by atoms with Crippen molar-refractivity contribution in [2.24, 2.45) is 5.92 Å². The lowest BCUT2D eigenvalue weighted by Gasteiger charge is -2.41. The fourth-order valence-corrected chi connectivity index (χ4v) is 4.70. The molecule has 0 spiro atoms. The van der Waals surface area contributed by atoms with Gasteiger partial charge in [-0.05, 0) is 54.8 Å². The minimum Gasteiger partial charge on any atom is -0.370 e. The summed E-state index contributed by atoms with van der Waals surface area (Å²) in [6.07, 6.45) is 0.367. The van der Waals surface area contributed by atoms with Gasteiger partial charge in [0.15, 0.2) is 0 Å². The molecular weight excluding hydrogens is 443 g/mol. The van der Waals surface area contributed by atoms with E-state index in [1.165, 1.54) is 5.56 Å². The zero-order valence-electron chi connectivity index (χ0n) is 18.9. The molecule has 0 atom stereocenters. The smallest absolute Gasteiger partial charge is 0.370 e. The molecule has 0 saturated carbocycles. The molecule has 0 N–H and O–H groups in total. The number of aromatic nitrogens is 3. The van der Waals surface area contributed by atoms with E-state index in [1.807, 2.05) is 17.9 Å². The highest BCUT2D eigenvalue weighted by Gasteiger charge is 2.34. The van der Waals surface area contributed by atoms with E-state index < -0.39 is 11.9 Å². The fourth-order valence-electron chi connectivity index (χ4n) is 4.70. The van der Waals surface area contributed by atoms with Crippen molar-refractivity contribution in [1.29, 1.82) is 0 Å². The van der Waals surface area contributed by atoms with Crippen LogP contribution in [0.5, 0.6) is 0 Å². The number of rotatable bonds is 4. The van der Waals surface area contributed by atoms with Gasteiger partial charge in [0.25, 0.3) is 0 Å². The number of halogens is 3. The van der Waals surface area contributed by atoms with E-state index in [0.29, 0.717) is 43.7 Å². The maximum Gasteiger partial charge on any atom is 0.433 e. The van der Waals surface area contributed by atoms with Gasteiger partial charge >= 0.3 is 6.18 Å². The van der Waals surface area contributed by atoms with Gasteiger partial charge in [0.05, 0.1) is 24.1 Å². The standard InChI is InChI=1S/C25H24F3N5O/c1-15-5-16(2)31-22-14-33(13-21(15)22)24(34)6-17-11-32(12-17)20-7-19(9-29-10-20)18-3-4-30-23(8-18)25(26,27)28/h3-5,7-10,17H,6,11-14H2,1-2H3. The first kappa shape index (κ1) is 22.3. The van der Waals surface area contributed by atoms with Gasteiger partial charge in [-0.1, -0.05) is 0 Å². The zero-order valence-corrected chi connectivity index (χ0v) is 18.9. The molecule has 6 nitrogen and oxygen atoms in total. The first-order chi connectivity index (χ1) is 16.2. The Morgan fingerprint density at radius 2 is 1.88 bits per heavy atom. The van der Waals surface area contributed by atoms with Gasteiger partial charge in [-0.15, -0.1) is 0 Å². The summed E-state index contributed by atoms with van der Waals surface area (Å²) in [5.74, 6) is 0.358. The Kier molecular flexibility index (Phi) is 5.50. The number of hydrogen-bond donors (Lipinski definition) is 0. The molecule has 1 amide bonds. The molecule has 1 fully saturated rings. The number of pyridine rings is 3. The number of carbonyl (C=O) groups is 1. The van der Waals surface area contributed by atoms with Crippen LogP contribution in [0.4, 0.5) is 18.9 Å². The molecule has 1 saturated heterocycles. The molecule has 3 aromatic rings. The van der Waals surface area contributed by atoms with Crippen LogP contribution >= 0.6 is 0 Å². The number of carbonyl (C=O) groups excluding carboxylic acids is 1. The van der Waals surface area contributed by atoms with Crippen molar-refractivity contribution in [1.82, 2.24) is 19.9 Å². The Balaban J connectivity index is 1.20. The second-order valence-electron chi connectivity index (χ2n) is 9.09. The molecule has 176 valence electrons. The second-order valence-corrected chi connectivity index (χ2v) is 9.09. The Morgan fingerprint density at radius 3 is 2.65 bits per heavy atom. The van der Waals surface area contributed by atoms with Crippen LogP contribution < -0.4 is 4.90 Å². The van der Waals surface area contributed by atoms with E-state index in [4.69, 9.17) is 0 Å². The highest BCUT2D eigenvalue weighted by Crippen LogP contribution is 2.33. The van der Waals surface area contributed by atoms with Crippen molar-refractivity contribution >= 4 is 11.6 Å². The average molecular weight is 467 g/mol. The molecule has 9 heteroatoms. The fraction of sp³-hybridized carbons (Fsp3) is 0.360. The van der Waals surface area contributed by atoms with E-state index in [1.54, 1.807) is 18.5 Å². The topological polar surface area (TPSA) is 62.2 Å². The normalized spacial score (nSPS) is 15.9. The second kappa shape index (κ2) is 8.38. The summed E-state index contributed by atoms with van der Waals surface area (Å²) in [5.41, 5.74) is 5.21. The maximum atomic E-state index is 13.0. The first-order valence-electron chi connectivity index (χ1n) is 11.1. The number of amides is 1. The number of hydrogen-bond acceptors (Lipinski definition) is 5. The zero-order chi connectivity index (χ0) is 24.0. The molecule has 5 heterocycles. The van der Waals surface area contributed by atoms with Gasteiger partial charge in [0.1, 0.15) is 5.69 Å². The van der Waals surface area contributed by atoms with Crippen molar-refractivity contribution in [2.75, 3.05) is 18.0 Å². The summed E-state index contributed by atoms with van der Waals surface area (Å²) < 4.78 is 39.0. The van der Waals surface area contributed by atoms with Crippen LogP contribution in [0, 0.1) is 19.8 Å². The molecule has 2 aliphatic heterocycles. The predicted octanol–water partition coefficient (Wildman–Crippen LogP) is 4.54. The van der Waals surface area contributed by atoms with Crippen LogP contribution in [0.15, 0.2) is 42.9 Å². The Labute approximate surface area is 195 Å². The quantitative estimate of drug-likeness (QED) is 0.564. The van der Waals surface area contributed by atoms with Crippen LogP contribution in [-0.4, -0.2) is 38.8 Å². The molecular formula is C25H24F3N5O. The van der Waals surface area contributed by atoms with E-state index >= 15 is 0 Å². The number of aryl methyl sites for hydroxylation is 2. The molecule has 0 unspecified atom stereocenters. The summed E-state index contributed by atoms with van der Waals surface area (Å²) in [5, 5.41) is 0. The van der Waals surface area contributed by atoms with Crippen molar-refractivity contribution in [3.63, 3.8) is 0 Å². The summed E-state index contributed by atoms with van der Waals surface area (Å²) in [4.78, 5) is 29.1. The molecule has 5 rings (SSSR count). The van der Waals surface area contributed by atoms with Gasteiger partial charge in [0, 0.05) is 55.6 Å². The van der Waals surface area contributed by atoms with E-state index in [9.17, 15) is 18.0 Å². The van der Waals surface area contributed by atoms with E-state index in [-0.39, 0.29) is 11.8 Å². The predicted molar refractivity (Wildman–Crippen MR) is 121 cm³/mol. The van der Waals surface area contributed by atoms with Crippen molar-refractivity contribution in [2.45, 2.75) is 39.5 Å². The SMILES string of the molecule is Cc1cc(C)c2c(n1)CN(C(=O)CC1CN(c3cncc(-c4ccnc(C(F)(F)F)c4)c3)C1)C2. The monoisotopic (exact) mass is 467 g/mol. The minimum absolute atomic E-state index is 0.128. The number of nitrogens with zero attached hydrogens (tertiary/aromatic N) is 5. The lowest BCUT2D eigenvalue weighted by atomic mass is 9.94.